The number of hydrogen-bond donors (Lipinski definition) is 0. The lowest BCUT2D eigenvalue weighted by Gasteiger charge is -2.39. The van der Waals surface area contributed by atoms with Crippen molar-refractivity contribution in [1.82, 2.24) is 4.57 Å². The van der Waals surface area contributed by atoms with E-state index < -0.39 is 0 Å². The van der Waals surface area contributed by atoms with Crippen molar-refractivity contribution in [3.8, 4) is 0 Å². The SMILES string of the molecule is C1=CCCC(C2CC(C3C=CC=CC3)=CC(n3c4c(c5cc(C6C=CC7C(C6)c6ccccc6N7C6CC=CC7=C6SC6C=CC=CC76)ccc53)CCC=C4)C2)=C1. The summed E-state index contributed by atoms with van der Waals surface area (Å²) >= 11 is 2.13. The van der Waals surface area contributed by atoms with E-state index in [0.717, 1.165) is 32.1 Å². The molecule has 9 aliphatic rings. The number of thioether (sulfide) groups is 1. The molecule has 9 unspecified atom stereocenters. The smallest absolute Gasteiger partial charge is 0.0645 e. The second-order valence-corrected chi connectivity index (χ2v) is 19.1. The third-order valence-electron chi connectivity index (χ3n) is 14.9. The Bertz CT molecular complexity index is 2500. The van der Waals surface area contributed by atoms with Crippen LogP contribution in [0.1, 0.15) is 91.6 Å². The highest BCUT2D eigenvalue weighted by atomic mass is 32.2. The Hall–Kier alpha value is -4.73. The highest BCUT2D eigenvalue weighted by molar-refractivity contribution is 8.04. The van der Waals surface area contributed by atoms with Crippen LogP contribution in [0.2, 0.25) is 0 Å². The topological polar surface area (TPSA) is 8.17 Å². The quantitative estimate of drug-likeness (QED) is 0.239. The van der Waals surface area contributed by atoms with Gasteiger partial charge in [-0.15, -0.1) is 11.8 Å². The number of anilines is 1. The van der Waals surface area contributed by atoms with Gasteiger partial charge in [-0.25, -0.2) is 0 Å². The minimum atomic E-state index is 0.361. The molecule has 3 aromatic rings. The standard InChI is InChI=1S/C54H52N2S/c1-3-14-35(15-4-1)39-30-40(36-16-5-2-6-17-36)32-41(31-39)55-48-22-10-7-18-42(48)46-33-37(26-28-50(46)55)38-27-29-51-47(34-38)43-19-8-11-23-49(43)56(51)52-24-13-21-45-44-20-9-12-25-53(44)57-54(45)52/h1-5,8-14,16,19-23,25-29,31,33,35,38,40-41,44,47,51-53H,6-7,15,17-18,24,30,32,34H2. The van der Waals surface area contributed by atoms with Crippen molar-refractivity contribution in [2.75, 3.05) is 4.90 Å². The van der Waals surface area contributed by atoms with E-state index in [0.29, 0.717) is 53.0 Å². The minimum absolute atomic E-state index is 0.361. The van der Waals surface area contributed by atoms with E-state index in [2.05, 4.69) is 173 Å². The number of hydrogen-bond acceptors (Lipinski definition) is 2. The molecule has 0 saturated heterocycles. The van der Waals surface area contributed by atoms with Gasteiger partial charge in [0.15, 0.2) is 0 Å². The molecule has 0 saturated carbocycles. The molecule has 0 N–H and O–H groups in total. The van der Waals surface area contributed by atoms with Crippen LogP contribution in [0, 0.1) is 17.8 Å². The van der Waals surface area contributed by atoms with Crippen LogP contribution >= 0.6 is 11.8 Å². The van der Waals surface area contributed by atoms with E-state index in [4.69, 9.17) is 0 Å². The molecule has 9 atom stereocenters. The largest absolute Gasteiger partial charge is 0.356 e. The molecule has 7 aliphatic carbocycles. The molecular formula is C54H52N2S. The third kappa shape index (κ3) is 5.66. The second kappa shape index (κ2) is 14.0. The van der Waals surface area contributed by atoms with E-state index in [1.165, 1.54) is 53.5 Å². The molecule has 2 aromatic carbocycles. The summed E-state index contributed by atoms with van der Waals surface area (Å²) in [6, 6.07) is 18.2. The predicted octanol–water partition coefficient (Wildman–Crippen LogP) is 13.3. The van der Waals surface area contributed by atoms with Crippen LogP contribution in [0.5, 0.6) is 0 Å². The zero-order valence-corrected chi connectivity index (χ0v) is 33.6. The molecule has 57 heavy (non-hydrogen) atoms. The number of aromatic nitrogens is 1. The first-order valence-electron chi connectivity index (χ1n) is 22.0. The highest BCUT2D eigenvalue weighted by Gasteiger charge is 2.47. The molecule has 12 rings (SSSR count). The molecule has 284 valence electrons. The molecule has 2 nitrogen and oxygen atoms in total. The van der Waals surface area contributed by atoms with Crippen LogP contribution in [0.4, 0.5) is 5.69 Å². The fraction of sp³-hybridized carbons (Fsp3) is 0.333. The molecule has 3 heteroatoms. The number of benzene rings is 2. The number of fused-ring (bicyclic) bond motifs is 8. The van der Waals surface area contributed by atoms with Gasteiger partial charge in [0.2, 0.25) is 0 Å². The van der Waals surface area contributed by atoms with Crippen molar-refractivity contribution in [3.05, 3.63) is 190 Å². The monoisotopic (exact) mass is 760 g/mol. The summed E-state index contributed by atoms with van der Waals surface area (Å²) < 4.78 is 2.76. The van der Waals surface area contributed by atoms with Crippen molar-refractivity contribution < 1.29 is 0 Å². The van der Waals surface area contributed by atoms with Gasteiger partial charge in [-0.05, 0) is 110 Å². The Morgan fingerprint density at radius 2 is 1.65 bits per heavy atom. The first kappa shape index (κ1) is 34.3. The summed E-state index contributed by atoms with van der Waals surface area (Å²) in [7, 11) is 0. The normalized spacial score (nSPS) is 33.0. The summed E-state index contributed by atoms with van der Waals surface area (Å²) in [6.45, 7) is 0. The van der Waals surface area contributed by atoms with Crippen molar-refractivity contribution >= 4 is 34.4 Å². The molecule has 0 radical (unpaired) electrons. The van der Waals surface area contributed by atoms with Crippen LogP contribution in [-0.2, 0) is 6.42 Å². The average Bonchev–Trinajstić information content (AvgIpc) is 3.94. The molecule has 0 amide bonds. The molecule has 3 heterocycles. The van der Waals surface area contributed by atoms with Crippen molar-refractivity contribution in [1.29, 1.82) is 0 Å². The predicted molar refractivity (Wildman–Crippen MR) is 242 cm³/mol. The lowest BCUT2D eigenvalue weighted by molar-refractivity contribution is 0.405. The number of aryl methyl sites for hydroxylation is 1. The van der Waals surface area contributed by atoms with Gasteiger partial charge >= 0.3 is 0 Å². The summed E-state index contributed by atoms with van der Waals surface area (Å²) in [4.78, 5) is 4.43. The van der Waals surface area contributed by atoms with E-state index in [-0.39, 0.29) is 0 Å². The van der Waals surface area contributed by atoms with E-state index in [9.17, 15) is 0 Å². The van der Waals surface area contributed by atoms with Crippen LogP contribution in [0.15, 0.2) is 167 Å². The Balaban J connectivity index is 0.897. The first-order valence-corrected chi connectivity index (χ1v) is 22.9. The lowest BCUT2D eigenvalue weighted by Crippen LogP contribution is -2.43. The zero-order valence-electron chi connectivity index (χ0n) is 32.8. The van der Waals surface area contributed by atoms with E-state index >= 15 is 0 Å². The maximum atomic E-state index is 2.83. The van der Waals surface area contributed by atoms with Crippen LogP contribution in [0.25, 0.3) is 17.0 Å². The molecule has 2 aliphatic heterocycles. The van der Waals surface area contributed by atoms with Gasteiger partial charge in [-0.2, -0.15) is 0 Å². The maximum Gasteiger partial charge on any atom is 0.0645 e. The summed E-state index contributed by atoms with van der Waals surface area (Å²) in [5.41, 5.74) is 13.8. The summed E-state index contributed by atoms with van der Waals surface area (Å²) in [6.07, 6.45) is 53.8. The molecule has 0 bridgehead atoms. The molecular weight excluding hydrogens is 709 g/mol. The number of rotatable bonds is 5. The van der Waals surface area contributed by atoms with Crippen molar-refractivity contribution in [2.24, 2.45) is 17.8 Å². The number of allylic oxidation sites excluding steroid dienone is 17. The van der Waals surface area contributed by atoms with E-state index in [1.807, 2.05) is 0 Å². The maximum absolute atomic E-state index is 2.83. The molecule has 0 fully saturated rings. The second-order valence-electron chi connectivity index (χ2n) is 17.9. The molecule has 0 spiro atoms. The average molecular weight is 761 g/mol. The van der Waals surface area contributed by atoms with Gasteiger partial charge < -0.3 is 9.47 Å². The van der Waals surface area contributed by atoms with Gasteiger partial charge in [0.1, 0.15) is 0 Å². The van der Waals surface area contributed by atoms with Crippen LogP contribution in [0.3, 0.4) is 0 Å². The minimum Gasteiger partial charge on any atom is -0.356 e. The number of nitrogens with zero attached hydrogens (tertiary/aromatic N) is 2. The summed E-state index contributed by atoms with van der Waals surface area (Å²) in [5, 5.41) is 2.02. The first-order chi connectivity index (χ1) is 28.3. The lowest BCUT2D eigenvalue weighted by atomic mass is 9.74. The van der Waals surface area contributed by atoms with Gasteiger partial charge in [0, 0.05) is 56.1 Å². The fourth-order valence-corrected chi connectivity index (χ4v) is 13.8. The number of para-hydroxylation sites is 1. The third-order valence-corrected chi connectivity index (χ3v) is 16.4. The van der Waals surface area contributed by atoms with Crippen molar-refractivity contribution in [3.63, 3.8) is 0 Å². The van der Waals surface area contributed by atoms with E-state index in [1.54, 1.807) is 32.8 Å². The molecule has 1 aromatic heterocycles. The van der Waals surface area contributed by atoms with Crippen LogP contribution in [-0.4, -0.2) is 21.9 Å². The highest BCUT2D eigenvalue weighted by Crippen LogP contribution is 2.56. The zero-order chi connectivity index (χ0) is 37.5. The Morgan fingerprint density at radius 3 is 2.58 bits per heavy atom. The summed E-state index contributed by atoms with van der Waals surface area (Å²) in [5.74, 6) is 2.53. The van der Waals surface area contributed by atoms with Gasteiger partial charge in [0.25, 0.3) is 0 Å². The Labute approximate surface area is 342 Å². The van der Waals surface area contributed by atoms with Crippen LogP contribution < -0.4 is 4.90 Å². The van der Waals surface area contributed by atoms with Crippen molar-refractivity contribution in [2.45, 2.75) is 93.0 Å². The van der Waals surface area contributed by atoms with Gasteiger partial charge in [-0.3, -0.25) is 0 Å². The Kier molecular flexibility index (Phi) is 8.42. The fourth-order valence-electron chi connectivity index (χ4n) is 12.3. The Morgan fingerprint density at radius 1 is 0.719 bits per heavy atom. The van der Waals surface area contributed by atoms with Gasteiger partial charge in [-0.1, -0.05) is 139 Å². The van der Waals surface area contributed by atoms with Gasteiger partial charge in [0.05, 0.1) is 18.1 Å².